The summed E-state index contributed by atoms with van der Waals surface area (Å²) >= 11 is 1.56. The van der Waals surface area contributed by atoms with Crippen molar-refractivity contribution in [3.05, 3.63) is 29.8 Å². The Morgan fingerprint density at radius 1 is 1.41 bits per heavy atom. The number of carbonyl (C=O) groups excluding carboxylic acids is 1. The molecule has 0 fully saturated rings. The van der Waals surface area contributed by atoms with Crippen molar-refractivity contribution in [1.29, 1.82) is 0 Å². The zero-order valence-electron chi connectivity index (χ0n) is 10.6. The molecule has 0 saturated heterocycles. The SMILES string of the molecule is CC(C)NC(=O)C(C)Sc1cccc(CN)c1. The van der Waals surface area contributed by atoms with E-state index >= 15 is 0 Å². The second-order valence-corrected chi connectivity index (χ2v) is 5.69. The van der Waals surface area contributed by atoms with Crippen LogP contribution in [-0.4, -0.2) is 17.2 Å². The Morgan fingerprint density at radius 3 is 2.71 bits per heavy atom. The average molecular weight is 252 g/mol. The smallest absolute Gasteiger partial charge is 0.233 e. The van der Waals surface area contributed by atoms with Gasteiger partial charge in [-0.3, -0.25) is 4.79 Å². The molecule has 1 atom stereocenters. The highest BCUT2D eigenvalue weighted by atomic mass is 32.2. The van der Waals surface area contributed by atoms with Crippen molar-refractivity contribution in [3.63, 3.8) is 0 Å². The molecule has 0 aliphatic rings. The molecular formula is C13H20N2OS. The Kier molecular flexibility index (Phi) is 5.51. The summed E-state index contributed by atoms with van der Waals surface area (Å²) in [4.78, 5) is 12.8. The van der Waals surface area contributed by atoms with Gasteiger partial charge in [0.15, 0.2) is 0 Å². The van der Waals surface area contributed by atoms with Crippen LogP contribution in [0.15, 0.2) is 29.2 Å². The maximum absolute atomic E-state index is 11.8. The molecule has 0 spiro atoms. The van der Waals surface area contributed by atoms with Crippen LogP contribution in [0.2, 0.25) is 0 Å². The van der Waals surface area contributed by atoms with Crippen molar-refractivity contribution >= 4 is 17.7 Å². The number of benzene rings is 1. The maximum Gasteiger partial charge on any atom is 0.233 e. The highest BCUT2D eigenvalue weighted by Crippen LogP contribution is 2.24. The Labute approximate surface area is 107 Å². The number of amides is 1. The first-order valence-electron chi connectivity index (χ1n) is 5.79. The van der Waals surface area contributed by atoms with E-state index in [1.54, 1.807) is 11.8 Å². The van der Waals surface area contributed by atoms with Gasteiger partial charge >= 0.3 is 0 Å². The van der Waals surface area contributed by atoms with Gasteiger partial charge in [-0.1, -0.05) is 12.1 Å². The Bertz CT molecular complexity index is 379. The third-order valence-electron chi connectivity index (χ3n) is 2.25. The molecule has 0 heterocycles. The van der Waals surface area contributed by atoms with E-state index in [-0.39, 0.29) is 17.2 Å². The van der Waals surface area contributed by atoms with E-state index < -0.39 is 0 Å². The molecule has 94 valence electrons. The van der Waals surface area contributed by atoms with Crippen molar-refractivity contribution in [1.82, 2.24) is 5.32 Å². The van der Waals surface area contributed by atoms with E-state index in [4.69, 9.17) is 5.73 Å². The van der Waals surface area contributed by atoms with Crippen molar-refractivity contribution in [2.24, 2.45) is 5.73 Å². The number of nitrogens with one attached hydrogen (secondary N) is 1. The molecule has 0 aliphatic heterocycles. The lowest BCUT2D eigenvalue weighted by Crippen LogP contribution is -2.35. The van der Waals surface area contributed by atoms with Crippen LogP contribution in [0.5, 0.6) is 0 Å². The summed E-state index contributed by atoms with van der Waals surface area (Å²) < 4.78 is 0. The number of hydrogen-bond donors (Lipinski definition) is 2. The summed E-state index contributed by atoms with van der Waals surface area (Å²) in [6, 6.07) is 8.17. The normalized spacial score (nSPS) is 12.5. The molecule has 1 rings (SSSR count). The molecular weight excluding hydrogens is 232 g/mol. The third kappa shape index (κ3) is 4.79. The maximum atomic E-state index is 11.8. The summed E-state index contributed by atoms with van der Waals surface area (Å²) in [5.74, 6) is 0.0724. The van der Waals surface area contributed by atoms with E-state index in [1.165, 1.54) is 0 Å². The lowest BCUT2D eigenvalue weighted by Gasteiger charge is -2.14. The van der Waals surface area contributed by atoms with Crippen molar-refractivity contribution in [2.75, 3.05) is 0 Å². The van der Waals surface area contributed by atoms with Gasteiger partial charge in [-0.15, -0.1) is 11.8 Å². The van der Waals surface area contributed by atoms with Gasteiger partial charge in [0.25, 0.3) is 0 Å². The van der Waals surface area contributed by atoms with E-state index in [1.807, 2.05) is 45.0 Å². The molecule has 0 radical (unpaired) electrons. The first-order chi connectivity index (χ1) is 8.02. The fourth-order valence-electron chi connectivity index (χ4n) is 1.41. The van der Waals surface area contributed by atoms with Gasteiger partial charge in [-0.2, -0.15) is 0 Å². The second kappa shape index (κ2) is 6.67. The molecule has 0 saturated carbocycles. The van der Waals surface area contributed by atoms with E-state index in [0.29, 0.717) is 6.54 Å². The van der Waals surface area contributed by atoms with Crippen molar-refractivity contribution < 1.29 is 4.79 Å². The number of nitrogens with two attached hydrogens (primary N) is 1. The van der Waals surface area contributed by atoms with Crippen LogP contribution in [0.3, 0.4) is 0 Å². The number of thioether (sulfide) groups is 1. The molecule has 0 aromatic heterocycles. The summed E-state index contributed by atoms with van der Waals surface area (Å²) in [6.07, 6.45) is 0. The molecule has 3 N–H and O–H groups in total. The van der Waals surface area contributed by atoms with E-state index in [0.717, 1.165) is 10.5 Å². The summed E-state index contributed by atoms with van der Waals surface area (Å²) in [5, 5.41) is 2.81. The minimum absolute atomic E-state index is 0.0724. The molecule has 1 aromatic carbocycles. The quantitative estimate of drug-likeness (QED) is 0.790. The predicted molar refractivity (Wildman–Crippen MR) is 72.9 cm³/mol. The lowest BCUT2D eigenvalue weighted by molar-refractivity contribution is -0.120. The van der Waals surface area contributed by atoms with Crippen molar-refractivity contribution in [3.8, 4) is 0 Å². The van der Waals surface area contributed by atoms with Gasteiger partial charge in [0.05, 0.1) is 5.25 Å². The Hall–Kier alpha value is -1.00. The monoisotopic (exact) mass is 252 g/mol. The fourth-order valence-corrected chi connectivity index (χ4v) is 2.37. The van der Waals surface area contributed by atoms with E-state index in [2.05, 4.69) is 5.32 Å². The van der Waals surface area contributed by atoms with Gasteiger partial charge in [0, 0.05) is 17.5 Å². The summed E-state index contributed by atoms with van der Waals surface area (Å²) in [6.45, 7) is 6.37. The first-order valence-corrected chi connectivity index (χ1v) is 6.67. The molecule has 1 aromatic rings. The third-order valence-corrected chi connectivity index (χ3v) is 3.34. The highest BCUT2D eigenvalue weighted by molar-refractivity contribution is 8.00. The summed E-state index contributed by atoms with van der Waals surface area (Å²) in [5.41, 5.74) is 6.68. The molecule has 17 heavy (non-hydrogen) atoms. The molecule has 4 heteroatoms. The summed E-state index contributed by atoms with van der Waals surface area (Å²) in [7, 11) is 0. The molecule has 3 nitrogen and oxygen atoms in total. The van der Waals surface area contributed by atoms with Gasteiger partial charge in [-0.25, -0.2) is 0 Å². The average Bonchev–Trinajstić information content (AvgIpc) is 2.28. The van der Waals surface area contributed by atoms with Crippen LogP contribution in [0, 0.1) is 0 Å². The topological polar surface area (TPSA) is 55.1 Å². The molecule has 1 amide bonds. The Balaban J connectivity index is 2.60. The molecule has 1 unspecified atom stereocenters. The largest absolute Gasteiger partial charge is 0.353 e. The zero-order valence-corrected chi connectivity index (χ0v) is 11.4. The van der Waals surface area contributed by atoms with Gasteiger partial charge in [-0.05, 0) is 38.5 Å². The van der Waals surface area contributed by atoms with Gasteiger partial charge < -0.3 is 11.1 Å². The number of rotatable bonds is 5. The highest BCUT2D eigenvalue weighted by Gasteiger charge is 2.14. The molecule has 0 aliphatic carbocycles. The van der Waals surface area contributed by atoms with Crippen molar-refractivity contribution in [2.45, 2.75) is 43.5 Å². The minimum Gasteiger partial charge on any atom is -0.353 e. The van der Waals surface area contributed by atoms with Crippen LogP contribution in [0.25, 0.3) is 0 Å². The van der Waals surface area contributed by atoms with Crippen LogP contribution < -0.4 is 11.1 Å². The van der Waals surface area contributed by atoms with Crippen LogP contribution in [0.1, 0.15) is 26.3 Å². The Morgan fingerprint density at radius 2 is 2.12 bits per heavy atom. The number of hydrogen-bond acceptors (Lipinski definition) is 3. The second-order valence-electron chi connectivity index (χ2n) is 4.27. The molecule has 0 bridgehead atoms. The fraction of sp³-hybridized carbons (Fsp3) is 0.462. The minimum atomic E-state index is -0.0922. The van der Waals surface area contributed by atoms with E-state index in [9.17, 15) is 4.79 Å². The zero-order chi connectivity index (χ0) is 12.8. The van der Waals surface area contributed by atoms with Crippen LogP contribution >= 0.6 is 11.8 Å². The lowest BCUT2D eigenvalue weighted by atomic mass is 10.2. The van der Waals surface area contributed by atoms with Crippen LogP contribution in [0.4, 0.5) is 0 Å². The van der Waals surface area contributed by atoms with Crippen LogP contribution in [-0.2, 0) is 11.3 Å². The van der Waals surface area contributed by atoms with Gasteiger partial charge in [0.1, 0.15) is 0 Å². The van der Waals surface area contributed by atoms with Gasteiger partial charge in [0.2, 0.25) is 5.91 Å². The predicted octanol–water partition coefficient (Wildman–Crippen LogP) is 2.15. The first kappa shape index (κ1) is 14.1. The standard InChI is InChI=1S/C13H20N2OS/c1-9(2)15-13(16)10(3)17-12-6-4-5-11(7-12)8-14/h4-7,9-10H,8,14H2,1-3H3,(H,15,16). The number of carbonyl (C=O) groups is 1.